The molecular weight excluding hydrogens is 309 g/mol. The summed E-state index contributed by atoms with van der Waals surface area (Å²) in [6.45, 7) is 2.90. The average molecular weight is 323 g/mol. The summed E-state index contributed by atoms with van der Waals surface area (Å²) in [7, 11) is 1.74. The summed E-state index contributed by atoms with van der Waals surface area (Å²) >= 11 is 2.32. The molecule has 0 radical (unpaired) electrons. The van der Waals surface area contributed by atoms with E-state index in [1.54, 1.807) is 9.12 Å². The number of rotatable bonds is 3. The Labute approximate surface area is 101 Å². The highest BCUT2D eigenvalue weighted by molar-refractivity contribution is 14.2. The largest absolute Gasteiger partial charge is 0.378 e. The first-order valence-corrected chi connectivity index (χ1v) is 8.26. The van der Waals surface area contributed by atoms with E-state index in [-0.39, 0.29) is 0 Å². The molecule has 1 aromatic rings. The predicted octanol–water partition coefficient (Wildman–Crippen LogP) is 3.23. The molecule has 2 rings (SSSR count). The molecule has 2 nitrogen and oxygen atoms in total. The van der Waals surface area contributed by atoms with E-state index >= 15 is 0 Å². The molecule has 1 aliphatic rings. The maximum absolute atomic E-state index is 5.68. The highest BCUT2D eigenvalue weighted by atomic mass is 127. The number of fused-ring (bicyclic) bond motifs is 1. The van der Waals surface area contributed by atoms with Gasteiger partial charge in [0.1, 0.15) is 0 Å². The van der Waals surface area contributed by atoms with E-state index in [0.29, 0.717) is 6.10 Å². The topological polar surface area (TPSA) is 14.2 Å². The van der Waals surface area contributed by atoms with Crippen LogP contribution >= 0.6 is 30.3 Å². The zero-order valence-electron chi connectivity index (χ0n) is 8.20. The number of nitrogens with zero attached hydrogens (tertiary/aromatic N) is 1. The van der Waals surface area contributed by atoms with Crippen LogP contribution < -0.4 is 0 Å². The fraction of sp³-hybridized carbons (Fsp3) is 0.600. The summed E-state index contributed by atoms with van der Waals surface area (Å²) in [4.78, 5) is 0. The average Bonchev–Trinajstić information content (AvgIpc) is 2.60. The Kier molecular flexibility index (Phi) is 3.79. The lowest BCUT2D eigenvalue weighted by atomic mass is 9.96. The molecule has 0 N–H and O–H groups in total. The van der Waals surface area contributed by atoms with Crippen LogP contribution in [0.3, 0.4) is 0 Å². The van der Waals surface area contributed by atoms with Crippen LogP contribution in [0.5, 0.6) is 0 Å². The standard InChI is InChI=1S/C10H14INOS/c1-2-13-9-4-3-8-5-6-12(14-11)10(8)7-9/h5-6,9H,2-4,7H2,1H3. The minimum atomic E-state index is 0.435. The molecule has 0 spiro atoms. The van der Waals surface area contributed by atoms with E-state index in [1.165, 1.54) is 24.1 Å². The maximum Gasteiger partial charge on any atom is 0.0633 e. The van der Waals surface area contributed by atoms with Gasteiger partial charge in [-0.05, 0) is 31.4 Å². The molecule has 1 aromatic heterocycles. The summed E-state index contributed by atoms with van der Waals surface area (Å²) in [6, 6.07) is 2.24. The number of ether oxygens (including phenoxy) is 1. The van der Waals surface area contributed by atoms with Gasteiger partial charge in [-0.1, -0.05) is 0 Å². The molecule has 0 saturated carbocycles. The van der Waals surface area contributed by atoms with Gasteiger partial charge in [-0.15, -0.1) is 0 Å². The molecule has 1 heterocycles. The minimum Gasteiger partial charge on any atom is -0.378 e. The molecule has 0 fully saturated rings. The second-order valence-electron chi connectivity index (χ2n) is 3.50. The summed E-state index contributed by atoms with van der Waals surface area (Å²) in [5.74, 6) is 0. The van der Waals surface area contributed by atoms with Crippen LogP contribution in [-0.2, 0) is 17.6 Å². The van der Waals surface area contributed by atoms with Crippen molar-refractivity contribution in [2.45, 2.75) is 32.3 Å². The molecule has 0 bridgehead atoms. The van der Waals surface area contributed by atoms with Gasteiger partial charge in [0, 0.05) is 55.2 Å². The Hall–Kier alpha value is 0.320. The summed E-state index contributed by atoms with van der Waals surface area (Å²) in [6.07, 6.45) is 6.02. The van der Waals surface area contributed by atoms with Crippen molar-refractivity contribution in [1.29, 1.82) is 0 Å². The van der Waals surface area contributed by atoms with Crippen LogP contribution in [0, 0.1) is 0 Å². The third-order valence-electron chi connectivity index (χ3n) is 2.68. The molecule has 14 heavy (non-hydrogen) atoms. The van der Waals surface area contributed by atoms with Crippen molar-refractivity contribution in [3.8, 4) is 0 Å². The van der Waals surface area contributed by atoms with Gasteiger partial charge in [-0.25, -0.2) is 0 Å². The lowest BCUT2D eigenvalue weighted by Crippen LogP contribution is -2.23. The van der Waals surface area contributed by atoms with Crippen LogP contribution in [0.4, 0.5) is 0 Å². The molecule has 4 heteroatoms. The quantitative estimate of drug-likeness (QED) is 0.793. The second-order valence-corrected chi connectivity index (χ2v) is 5.22. The van der Waals surface area contributed by atoms with Crippen molar-refractivity contribution >= 4 is 30.3 Å². The van der Waals surface area contributed by atoms with E-state index in [2.05, 4.69) is 44.4 Å². The fourth-order valence-corrected chi connectivity index (χ4v) is 3.50. The van der Waals surface area contributed by atoms with Crippen LogP contribution in [0.15, 0.2) is 12.3 Å². The number of halogens is 1. The smallest absolute Gasteiger partial charge is 0.0633 e. The van der Waals surface area contributed by atoms with Crippen molar-refractivity contribution in [1.82, 2.24) is 3.97 Å². The second kappa shape index (κ2) is 4.90. The number of aryl methyl sites for hydroxylation is 1. The first-order valence-electron chi connectivity index (χ1n) is 4.95. The van der Waals surface area contributed by atoms with Gasteiger partial charge in [0.25, 0.3) is 0 Å². The van der Waals surface area contributed by atoms with Gasteiger partial charge < -0.3 is 4.74 Å². The van der Waals surface area contributed by atoms with Crippen molar-refractivity contribution in [2.75, 3.05) is 6.61 Å². The predicted molar refractivity (Wildman–Crippen MR) is 68.9 cm³/mol. The summed E-state index contributed by atoms with van der Waals surface area (Å²) in [5.41, 5.74) is 2.96. The Morgan fingerprint density at radius 1 is 1.71 bits per heavy atom. The molecule has 1 aliphatic carbocycles. The van der Waals surface area contributed by atoms with Gasteiger partial charge in [0.2, 0.25) is 0 Å². The van der Waals surface area contributed by atoms with E-state index < -0.39 is 0 Å². The van der Waals surface area contributed by atoms with E-state index in [0.717, 1.165) is 13.0 Å². The van der Waals surface area contributed by atoms with Gasteiger partial charge in [-0.2, -0.15) is 0 Å². The van der Waals surface area contributed by atoms with Crippen molar-refractivity contribution in [2.24, 2.45) is 0 Å². The van der Waals surface area contributed by atoms with Crippen molar-refractivity contribution in [3.05, 3.63) is 23.5 Å². The van der Waals surface area contributed by atoms with Crippen LogP contribution in [-0.4, -0.2) is 16.7 Å². The first-order chi connectivity index (χ1) is 6.85. The normalized spacial score (nSPS) is 20.9. The number of hydrogen-bond donors (Lipinski definition) is 0. The molecule has 0 aliphatic heterocycles. The van der Waals surface area contributed by atoms with E-state index in [4.69, 9.17) is 4.74 Å². The highest BCUT2D eigenvalue weighted by Crippen LogP contribution is 2.29. The Morgan fingerprint density at radius 3 is 3.29 bits per heavy atom. The molecule has 1 unspecified atom stereocenters. The van der Waals surface area contributed by atoms with Gasteiger partial charge in [0.15, 0.2) is 0 Å². The SMILES string of the molecule is CCOC1CCc2ccn(SI)c2C1. The Balaban J connectivity index is 2.14. The lowest BCUT2D eigenvalue weighted by molar-refractivity contribution is 0.0527. The lowest BCUT2D eigenvalue weighted by Gasteiger charge is -2.23. The zero-order chi connectivity index (χ0) is 9.97. The van der Waals surface area contributed by atoms with Gasteiger partial charge in [-0.3, -0.25) is 3.97 Å². The fourth-order valence-electron chi connectivity index (χ4n) is 2.01. The molecule has 1 atom stereocenters. The molecule has 0 aromatic carbocycles. The monoisotopic (exact) mass is 323 g/mol. The van der Waals surface area contributed by atoms with E-state index in [9.17, 15) is 0 Å². The third-order valence-corrected chi connectivity index (χ3v) is 4.45. The minimum absolute atomic E-state index is 0.435. The number of aromatic nitrogens is 1. The molecule has 78 valence electrons. The number of hydrogen-bond acceptors (Lipinski definition) is 2. The molecular formula is C10H14INOS. The Morgan fingerprint density at radius 2 is 2.57 bits per heavy atom. The summed E-state index contributed by atoms with van der Waals surface area (Å²) < 4.78 is 7.93. The van der Waals surface area contributed by atoms with Crippen LogP contribution in [0.25, 0.3) is 0 Å². The van der Waals surface area contributed by atoms with Gasteiger partial charge >= 0.3 is 0 Å². The van der Waals surface area contributed by atoms with Crippen molar-refractivity contribution in [3.63, 3.8) is 0 Å². The third kappa shape index (κ3) is 2.12. The Bertz CT molecular complexity index is 300. The van der Waals surface area contributed by atoms with E-state index in [1.807, 2.05) is 0 Å². The first kappa shape index (κ1) is 10.8. The van der Waals surface area contributed by atoms with Crippen LogP contribution in [0.1, 0.15) is 24.6 Å². The molecule has 0 saturated heterocycles. The summed E-state index contributed by atoms with van der Waals surface area (Å²) in [5, 5.41) is 0. The highest BCUT2D eigenvalue weighted by Gasteiger charge is 2.21. The zero-order valence-corrected chi connectivity index (χ0v) is 11.2. The van der Waals surface area contributed by atoms with Crippen LogP contribution in [0.2, 0.25) is 0 Å². The van der Waals surface area contributed by atoms with Gasteiger partial charge in [0.05, 0.1) is 6.10 Å². The molecule has 0 amide bonds. The van der Waals surface area contributed by atoms with Crippen molar-refractivity contribution < 1.29 is 4.74 Å². The maximum atomic E-state index is 5.68.